The van der Waals surface area contributed by atoms with Crippen molar-refractivity contribution in [3.8, 4) is 0 Å². The van der Waals surface area contributed by atoms with Gasteiger partial charge in [0.15, 0.2) is 5.13 Å². The third-order valence-corrected chi connectivity index (χ3v) is 4.14. The maximum absolute atomic E-state index is 12.5. The minimum Gasteiger partial charge on any atom is -0.333 e. The zero-order valence-electron chi connectivity index (χ0n) is 13.1. The van der Waals surface area contributed by atoms with Crippen molar-refractivity contribution in [3.63, 3.8) is 0 Å². The maximum Gasteiger partial charge on any atom is 0.245 e. The van der Waals surface area contributed by atoms with Gasteiger partial charge in [0.05, 0.1) is 6.54 Å². The molecule has 118 valence electrons. The van der Waals surface area contributed by atoms with Gasteiger partial charge in [0, 0.05) is 24.0 Å². The van der Waals surface area contributed by atoms with E-state index in [4.69, 9.17) is 0 Å². The van der Waals surface area contributed by atoms with Crippen LogP contribution < -0.4 is 5.32 Å². The van der Waals surface area contributed by atoms with Gasteiger partial charge in [-0.25, -0.2) is 4.98 Å². The molecule has 2 amide bonds. The van der Waals surface area contributed by atoms with Crippen LogP contribution in [0.4, 0.5) is 5.13 Å². The predicted octanol–water partition coefficient (Wildman–Crippen LogP) is 3.15. The summed E-state index contributed by atoms with van der Waals surface area (Å²) < 4.78 is 0. The molecule has 0 bridgehead atoms. The van der Waals surface area contributed by atoms with Crippen LogP contribution in [-0.4, -0.2) is 34.8 Å². The maximum atomic E-state index is 12.5. The Kier molecular flexibility index (Phi) is 7.97. The minimum atomic E-state index is -0.189. The number of amides is 2. The average molecular weight is 311 g/mol. The Hall–Kier alpha value is -1.43. The van der Waals surface area contributed by atoms with Crippen molar-refractivity contribution < 1.29 is 9.59 Å². The van der Waals surface area contributed by atoms with E-state index in [-0.39, 0.29) is 24.3 Å². The molecule has 0 spiro atoms. The van der Waals surface area contributed by atoms with Gasteiger partial charge in [-0.15, -0.1) is 11.3 Å². The molecule has 1 rings (SSSR count). The van der Waals surface area contributed by atoms with E-state index >= 15 is 0 Å². The standard InChI is InChI=1S/C15H25N3O2S/c1-4-7-8-12(5-2)14(20)18(6-3)11-13(19)17-15-16-9-10-21-15/h9-10,12H,4-8,11H2,1-3H3,(H,16,17,19). The number of unbranched alkanes of at least 4 members (excludes halogenated alkanes) is 1. The van der Waals surface area contributed by atoms with Crippen LogP contribution in [0, 0.1) is 5.92 Å². The number of nitrogens with zero attached hydrogens (tertiary/aromatic N) is 2. The first kappa shape index (κ1) is 17.6. The second-order valence-electron chi connectivity index (χ2n) is 4.99. The number of rotatable bonds is 9. The van der Waals surface area contributed by atoms with Gasteiger partial charge in [0.25, 0.3) is 0 Å². The fraction of sp³-hybridized carbons (Fsp3) is 0.667. The molecule has 0 aliphatic carbocycles. The first-order valence-corrected chi connectivity index (χ1v) is 8.48. The summed E-state index contributed by atoms with van der Waals surface area (Å²) in [6.45, 7) is 6.70. The third kappa shape index (κ3) is 5.83. The molecule has 0 saturated carbocycles. The number of hydrogen-bond donors (Lipinski definition) is 1. The van der Waals surface area contributed by atoms with Crippen LogP contribution in [0.15, 0.2) is 11.6 Å². The lowest BCUT2D eigenvalue weighted by molar-refractivity contribution is -0.138. The number of nitrogens with one attached hydrogen (secondary N) is 1. The lowest BCUT2D eigenvalue weighted by Gasteiger charge is -2.25. The summed E-state index contributed by atoms with van der Waals surface area (Å²) in [5.74, 6) is -0.0780. The molecule has 1 heterocycles. The highest BCUT2D eigenvalue weighted by Crippen LogP contribution is 2.16. The fourth-order valence-electron chi connectivity index (χ4n) is 2.17. The van der Waals surface area contributed by atoms with Crippen LogP contribution in [0.2, 0.25) is 0 Å². The van der Waals surface area contributed by atoms with Crippen molar-refractivity contribution in [2.24, 2.45) is 5.92 Å². The molecule has 0 saturated heterocycles. The van der Waals surface area contributed by atoms with E-state index in [1.807, 2.05) is 13.8 Å². The zero-order chi connectivity index (χ0) is 15.7. The van der Waals surface area contributed by atoms with Crippen molar-refractivity contribution in [1.82, 2.24) is 9.88 Å². The summed E-state index contributed by atoms with van der Waals surface area (Å²) in [4.78, 5) is 30.1. The number of likely N-dealkylation sites (N-methyl/N-ethyl adjacent to an activating group) is 1. The van der Waals surface area contributed by atoms with Gasteiger partial charge in [0.2, 0.25) is 11.8 Å². The molecule has 0 radical (unpaired) electrons. The van der Waals surface area contributed by atoms with Crippen molar-refractivity contribution in [2.45, 2.75) is 46.5 Å². The molecular formula is C15H25N3O2S. The quantitative estimate of drug-likeness (QED) is 0.762. The molecule has 0 aromatic carbocycles. The predicted molar refractivity (Wildman–Crippen MR) is 86.3 cm³/mol. The lowest BCUT2D eigenvalue weighted by Crippen LogP contribution is -2.41. The first-order valence-electron chi connectivity index (χ1n) is 7.60. The topological polar surface area (TPSA) is 62.3 Å². The second kappa shape index (κ2) is 9.50. The van der Waals surface area contributed by atoms with Gasteiger partial charge in [-0.3, -0.25) is 9.59 Å². The van der Waals surface area contributed by atoms with E-state index in [9.17, 15) is 9.59 Å². The smallest absolute Gasteiger partial charge is 0.245 e. The van der Waals surface area contributed by atoms with Crippen LogP contribution in [0.25, 0.3) is 0 Å². The Labute approximate surface area is 130 Å². The summed E-state index contributed by atoms with van der Waals surface area (Å²) in [6.07, 6.45) is 5.49. The lowest BCUT2D eigenvalue weighted by atomic mass is 9.97. The molecule has 1 unspecified atom stereocenters. The molecule has 1 atom stereocenters. The molecule has 1 aromatic rings. The van der Waals surface area contributed by atoms with Crippen LogP contribution in [-0.2, 0) is 9.59 Å². The number of hydrogen-bond acceptors (Lipinski definition) is 4. The molecule has 0 fully saturated rings. The second-order valence-corrected chi connectivity index (χ2v) is 5.88. The Morgan fingerprint density at radius 2 is 2.14 bits per heavy atom. The van der Waals surface area contributed by atoms with Crippen LogP contribution in [0.3, 0.4) is 0 Å². The van der Waals surface area contributed by atoms with Crippen LogP contribution >= 0.6 is 11.3 Å². The van der Waals surface area contributed by atoms with Gasteiger partial charge < -0.3 is 10.2 Å². The summed E-state index contributed by atoms with van der Waals surface area (Å²) in [5.41, 5.74) is 0. The number of carbonyl (C=O) groups excluding carboxylic acids is 2. The Morgan fingerprint density at radius 3 is 2.67 bits per heavy atom. The number of thiazole rings is 1. The van der Waals surface area contributed by atoms with Gasteiger partial charge in [-0.05, 0) is 19.8 Å². The highest BCUT2D eigenvalue weighted by atomic mass is 32.1. The summed E-state index contributed by atoms with van der Waals surface area (Å²) in [6, 6.07) is 0. The minimum absolute atomic E-state index is 0.0255. The SMILES string of the molecule is CCCCC(CC)C(=O)N(CC)CC(=O)Nc1nccs1. The molecule has 0 aliphatic rings. The Balaban J connectivity index is 2.55. The highest BCUT2D eigenvalue weighted by molar-refractivity contribution is 7.13. The molecule has 5 nitrogen and oxygen atoms in total. The van der Waals surface area contributed by atoms with E-state index in [1.54, 1.807) is 16.5 Å². The molecule has 6 heteroatoms. The monoisotopic (exact) mass is 311 g/mol. The van der Waals surface area contributed by atoms with E-state index in [0.717, 1.165) is 25.7 Å². The molecule has 0 aliphatic heterocycles. The van der Waals surface area contributed by atoms with E-state index < -0.39 is 0 Å². The summed E-state index contributed by atoms with van der Waals surface area (Å²) in [5, 5.41) is 5.09. The summed E-state index contributed by atoms with van der Waals surface area (Å²) in [7, 11) is 0. The molecule has 1 aromatic heterocycles. The molecular weight excluding hydrogens is 286 g/mol. The number of anilines is 1. The third-order valence-electron chi connectivity index (χ3n) is 3.45. The van der Waals surface area contributed by atoms with Gasteiger partial charge in [-0.1, -0.05) is 26.7 Å². The van der Waals surface area contributed by atoms with Crippen molar-refractivity contribution in [3.05, 3.63) is 11.6 Å². The van der Waals surface area contributed by atoms with Gasteiger partial charge >= 0.3 is 0 Å². The Bertz CT molecular complexity index is 434. The highest BCUT2D eigenvalue weighted by Gasteiger charge is 2.23. The van der Waals surface area contributed by atoms with Gasteiger partial charge in [-0.2, -0.15) is 0 Å². The zero-order valence-corrected chi connectivity index (χ0v) is 13.9. The van der Waals surface area contributed by atoms with Crippen molar-refractivity contribution in [2.75, 3.05) is 18.4 Å². The average Bonchev–Trinajstić information content (AvgIpc) is 2.98. The van der Waals surface area contributed by atoms with Crippen molar-refractivity contribution in [1.29, 1.82) is 0 Å². The van der Waals surface area contributed by atoms with Crippen LogP contribution in [0.1, 0.15) is 46.5 Å². The van der Waals surface area contributed by atoms with Gasteiger partial charge in [0.1, 0.15) is 0 Å². The fourth-order valence-corrected chi connectivity index (χ4v) is 2.72. The normalized spacial score (nSPS) is 12.0. The Morgan fingerprint density at radius 1 is 1.38 bits per heavy atom. The molecule has 1 N–H and O–H groups in total. The van der Waals surface area contributed by atoms with E-state index in [0.29, 0.717) is 11.7 Å². The number of aromatic nitrogens is 1. The van der Waals surface area contributed by atoms with Crippen LogP contribution in [0.5, 0.6) is 0 Å². The molecule has 21 heavy (non-hydrogen) atoms. The van der Waals surface area contributed by atoms with E-state index in [2.05, 4.69) is 17.2 Å². The van der Waals surface area contributed by atoms with Crippen molar-refractivity contribution >= 4 is 28.3 Å². The van der Waals surface area contributed by atoms with E-state index in [1.165, 1.54) is 11.3 Å². The summed E-state index contributed by atoms with van der Waals surface area (Å²) >= 11 is 1.37. The first-order chi connectivity index (χ1) is 10.1. The number of carbonyl (C=O) groups is 2. The largest absolute Gasteiger partial charge is 0.333 e.